The number of nitrogens with one attached hydrogen (secondary N) is 1. The number of fused-ring (bicyclic) bond motifs is 1. The van der Waals surface area contributed by atoms with Gasteiger partial charge in [0, 0.05) is 0 Å². The van der Waals surface area contributed by atoms with E-state index in [-0.39, 0.29) is 22.2 Å². The van der Waals surface area contributed by atoms with Crippen LogP contribution in [0.3, 0.4) is 0 Å². The second-order valence-electron chi connectivity index (χ2n) is 7.67. The van der Waals surface area contributed by atoms with E-state index in [0.29, 0.717) is 6.07 Å². The van der Waals surface area contributed by atoms with Gasteiger partial charge in [-0.1, -0.05) is 35.9 Å². The number of carbonyl (C=O) groups excluding carboxylic acids is 1. The number of anilines is 1. The fourth-order valence-electron chi connectivity index (χ4n) is 3.54. The van der Waals surface area contributed by atoms with Crippen molar-refractivity contribution in [1.29, 1.82) is 0 Å². The van der Waals surface area contributed by atoms with Gasteiger partial charge in [0.25, 0.3) is 11.5 Å². The number of halogens is 7. The van der Waals surface area contributed by atoms with Crippen LogP contribution in [0.25, 0.3) is 10.9 Å². The van der Waals surface area contributed by atoms with Gasteiger partial charge in [0.2, 0.25) is 0 Å². The van der Waals surface area contributed by atoms with Crippen LogP contribution in [0.1, 0.15) is 27.3 Å². The number of rotatable bonds is 4. The predicted octanol–water partition coefficient (Wildman–Crippen LogP) is 5.49. The molecule has 37 heavy (non-hydrogen) atoms. The standard InChI is InChI=1S/C23H13ClF6N4O3/c24-13-8-16(32-19(18(13)35)23(28,29)30)20(36)33-15-7-3-6-14-17(15)21(37)34(10-31-14)9-11-4-1-2-5-12(11)22(25,26)27/h1-8,10,35H,9H2,(H,33,36). The van der Waals surface area contributed by atoms with Gasteiger partial charge < -0.3 is 10.4 Å². The number of pyridine rings is 1. The molecule has 4 aromatic rings. The van der Waals surface area contributed by atoms with Crippen molar-refractivity contribution in [2.45, 2.75) is 18.9 Å². The second kappa shape index (κ2) is 9.39. The molecule has 1 amide bonds. The number of alkyl halides is 6. The molecule has 2 aromatic carbocycles. The molecule has 14 heteroatoms. The minimum Gasteiger partial charge on any atom is -0.504 e. The topological polar surface area (TPSA) is 97.1 Å². The van der Waals surface area contributed by atoms with Crippen LogP contribution in [0.4, 0.5) is 32.0 Å². The lowest BCUT2D eigenvalue weighted by molar-refractivity contribution is -0.142. The van der Waals surface area contributed by atoms with Crippen LogP contribution < -0.4 is 10.9 Å². The van der Waals surface area contributed by atoms with Gasteiger partial charge in [0.15, 0.2) is 11.4 Å². The molecule has 192 valence electrons. The highest BCUT2D eigenvalue weighted by Gasteiger charge is 2.38. The SMILES string of the molecule is O=C(Nc1cccc2ncn(Cc3ccccc3C(F)(F)F)c(=O)c12)c1cc(Cl)c(O)c(C(F)(F)F)n1. The number of benzene rings is 2. The lowest BCUT2D eigenvalue weighted by atomic mass is 10.1. The third-order valence-corrected chi connectivity index (χ3v) is 5.50. The highest BCUT2D eigenvalue weighted by atomic mass is 35.5. The first-order valence-corrected chi connectivity index (χ1v) is 10.6. The summed E-state index contributed by atoms with van der Waals surface area (Å²) in [6, 6.07) is 9.40. The monoisotopic (exact) mass is 542 g/mol. The van der Waals surface area contributed by atoms with Crippen LogP contribution in [0.5, 0.6) is 5.75 Å². The highest BCUT2D eigenvalue weighted by Crippen LogP contribution is 2.38. The number of amides is 1. The fourth-order valence-corrected chi connectivity index (χ4v) is 3.74. The summed E-state index contributed by atoms with van der Waals surface area (Å²) in [5, 5.41) is 10.8. The van der Waals surface area contributed by atoms with Crippen LogP contribution in [-0.2, 0) is 18.9 Å². The summed E-state index contributed by atoms with van der Waals surface area (Å²) in [5.41, 5.74) is -4.67. The number of aromatic nitrogens is 3. The van der Waals surface area contributed by atoms with Crippen molar-refractivity contribution in [3.05, 3.63) is 92.7 Å². The molecule has 4 rings (SSSR count). The summed E-state index contributed by atoms with van der Waals surface area (Å²) in [4.78, 5) is 33.1. The molecule has 2 N–H and O–H groups in total. The smallest absolute Gasteiger partial charge is 0.437 e. The molecule has 0 unspecified atom stereocenters. The van der Waals surface area contributed by atoms with Crippen molar-refractivity contribution in [3.8, 4) is 5.75 Å². The Balaban J connectivity index is 1.75. The van der Waals surface area contributed by atoms with Crippen molar-refractivity contribution in [2.75, 3.05) is 5.32 Å². The molecular formula is C23H13ClF6N4O3. The van der Waals surface area contributed by atoms with E-state index in [1.807, 2.05) is 0 Å². The maximum atomic E-state index is 13.4. The van der Waals surface area contributed by atoms with E-state index >= 15 is 0 Å². The molecule has 0 saturated carbocycles. The second-order valence-corrected chi connectivity index (χ2v) is 8.08. The predicted molar refractivity (Wildman–Crippen MR) is 120 cm³/mol. The third-order valence-electron chi connectivity index (χ3n) is 5.21. The number of aromatic hydroxyl groups is 1. The molecular weight excluding hydrogens is 530 g/mol. The van der Waals surface area contributed by atoms with Crippen LogP contribution >= 0.6 is 11.6 Å². The van der Waals surface area contributed by atoms with Gasteiger partial charge in [0.05, 0.1) is 40.0 Å². The van der Waals surface area contributed by atoms with Gasteiger partial charge >= 0.3 is 12.4 Å². The van der Waals surface area contributed by atoms with Gasteiger partial charge in [-0.3, -0.25) is 14.2 Å². The van der Waals surface area contributed by atoms with Gasteiger partial charge in [-0.25, -0.2) is 9.97 Å². The number of hydrogen-bond acceptors (Lipinski definition) is 5. The zero-order valence-electron chi connectivity index (χ0n) is 18.2. The first kappa shape index (κ1) is 25.9. The molecule has 0 aliphatic carbocycles. The van der Waals surface area contributed by atoms with E-state index in [0.717, 1.165) is 17.0 Å². The van der Waals surface area contributed by atoms with Gasteiger partial charge in [-0.05, 0) is 29.8 Å². The summed E-state index contributed by atoms with van der Waals surface area (Å²) >= 11 is 5.62. The Kier molecular flexibility index (Phi) is 6.59. The summed E-state index contributed by atoms with van der Waals surface area (Å²) in [6.07, 6.45) is -8.74. The summed E-state index contributed by atoms with van der Waals surface area (Å²) in [6.45, 7) is -0.496. The van der Waals surface area contributed by atoms with E-state index < -0.39 is 58.1 Å². The lowest BCUT2D eigenvalue weighted by Crippen LogP contribution is -2.24. The Morgan fingerprint density at radius 2 is 1.73 bits per heavy atom. The maximum absolute atomic E-state index is 13.4. The Labute approximate surface area is 208 Å². The maximum Gasteiger partial charge on any atom is 0.437 e. The van der Waals surface area contributed by atoms with Crippen LogP contribution in [0.15, 0.2) is 59.7 Å². The normalized spacial score (nSPS) is 12.1. The fraction of sp³-hybridized carbons (Fsp3) is 0.130. The quantitative estimate of drug-likeness (QED) is 0.333. The molecule has 0 radical (unpaired) electrons. The summed E-state index contributed by atoms with van der Waals surface area (Å²) < 4.78 is 80.5. The minimum absolute atomic E-state index is 0.0656. The van der Waals surface area contributed by atoms with E-state index in [1.165, 1.54) is 36.4 Å². The number of nitrogens with zero attached hydrogens (tertiary/aromatic N) is 3. The average molecular weight is 543 g/mol. The molecule has 0 aliphatic rings. The van der Waals surface area contributed by atoms with Crippen molar-refractivity contribution in [3.63, 3.8) is 0 Å². The summed E-state index contributed by atoms with van der Waals surface area (Å²) in [7, 11) is 0. The van der Waals surface area contributed by atoms with Crippen molar-refractivity contribution < 1.29 is 36.2 Å². The molecule has 0 spiro atoms. The molecule has 0 atom stereocenters. The average Bonchev–Trinajstić information content (AvgIpc) is 2.81. The number of hydrogen-bond donors (Lipinski definition) is 2. The molecule has 0 bridgehead atoms. The molecule has 0 saturated heterocycles. The largest absolute Gasteiger partial charge is 0.504 e. The Hall–Kier alpha value is -4.13. The van der Waals surface area contributed by atoms with Crippen molar-refractivity contribution in [2.24, 2.45) is 0 Å². The highest BCUT2D eigenvalue weighted by molar-refractivity contribution is 6.32. The zero-order chi connectivity index (χ0) is 27.1. The van der Waals surface area contributed by atoms with Crippen molar-refractivity contribution in [1.82, 2.24) is 14.5 Å². The molecule has 2 aromatic heterocycles. The van der Waals surface area contributed by atoms with Crippen LogP contribution in [0, 0.1) is 0 Å². The van der Waals surface area contributed by atoms with E-state index in [4.69, 9.17) is 11.6 Å². The van der Waals surface area contributed by atoms with Gasteiger partial charge in [0.1, 0.15) is 5.69 Å². The minimum atomic E-state index is -5.12. The third kappa shape index (κ3) is 5.21. The molecule has 2 heterocycles. The Morgan fingerprint density at radius 3 is 2.41 bits per heavy atom. The van der Waals surface area contributed by atoms with E-state index in [2.05, 4.69) is 15.3 Å². The Bertz CT molecular complexity index is 1580. The van der Waals surface area contributed by atoms with E-state index in [1.54, 1.807) is 0 Å². The molecule has 0 fully saturated rings. The zero-order valence-corrected chi connectivity index (χ0v) is 18.9. The Morgan fingerprint density at radius 1 is 1.03 bits per heavy atom. The first-order valence-electron chi connectivity index (χ1n) is 10.2. The summed E-state index contributed by atoms with van der Waals surface area (Å²) in [5.74, 6) is -2.56. The van der Waals surface area contributed by atoms with Crippen LogP contribution in [-0.4, -0.2) is 25.5 Å². The molecule has 0 aliphatic heterocycles. The number of carbonyl (C=O) groups is 1. The lowest BCUT2D eigenvalue weighted by Gasteiger charge is -2.15. The van der Waals surface area contributed by atoms with Gasteiger partial charge in [-0.2, -0.15) is 26.3 Å². The first-order chi connectivity index (χ1) is 17.3. The van der Waals surface area contributed by atoms with E-state index in [9.17, 15) is 41.0 Å². The molecule has 7 nitrogen and oxygen atoms in total. The van der Waals surface area contributed by atoms with Crippen LogP contribution in [0.2, 0.25) is 5.02 Å². The van der Waals surface area contributed by atoms with Gasteiger partial charge in [-0.15, -0.1) is 0 Å². The van der Waals surface area contributed by atoms with Crippen molar-refractivity contribution >= 4 is 34.1 Å².